The van der Waals surface area contributed by atoms with E-state index >= 15 is 0 Å². The minimum absolute atomic E-state index is 0.0856. The summed E-state index contributed by atoms with van der Waals surface area (Å²) >= 11 is 0. The molecule has 1 aliphatic heterocycles. The fraction of sp³-hybridized carbons (Fsp3) is 0.778. The fourth-order valence-electron chi connectivity index (χ4n) is 1.88. The van der Waals surface area contributed by atoms with Gasteiger partial charge < -0.3 is 19.7 Å². The van der Waals surface area contributed by atoms with Gasteiger partial charge in [0.2, 0.25) is 0 Å². The third kappa shape index (κ3) is 1.40. The van der Waals surface area contributed by atoms with Gasteiger partial charge in [-0.25, -0.2) is 0 Å². The molecule has 2 N–H and O–H groups in total. The SMILES string of the molecule is CC1(C)OC2C(CO)=C[C@@H](O)C2O1. The number of aliphatic hydroxyl groups is 2. The topological polar surface area (TPSA) is 58.9 Å². The average molecular weight is 186 g/mol. The molecule has 1 heterocycles. The lowest BCUT2D eigenvalue weighted by molar-refractivity contribution is -0.153. The Morgan fingerprint density at radius 1 is 1.46 bits per heavy atom. The second kappa shape index (κ2) is 2.78. The third-order valence-electron chi connectivity index (χ3n) is 2.40. The lowest BCUT2D eigenvalue weighted by Gasteiger charge is -2.18. The van der Waals surface area contributed by atoms with E-state index in [1.807, 2.05) is 0 Å². The molecule has 2 aliphatic rings. The third-order valence-corrected chi connectivity index (χ3v) is 2.40. The van der Waals surface area contributed by atoms with Crippen LogP contribution >= 0.6 is 0 Å². The van der Waals surface area contributed by atoms with Gasteiger partial charge >= 0.3 is 0 Å². The molecule has 1 fully saturated rings. The van der Waals surface area contributed by atoms with Crippen LogP contribution in [0.15, 0.2) is 11.6 Å². The van der Waals surface area contributed by atoms with Crippen molar-refractivity contribution in [3.63, 3.8) is 0 Å². The highest BCUT2D eigenvalue weighted by Gasteiger charge is 2.49. The summed E-state index contributed by atoms with van der Waals surface area (Å²) in [5, 5.41) is 18.5. The zero-order valence-electron chi connectivity index (χ0n) is 7.73. The van der Waals surface area contributed by atoms with E-state index in [1.54, 1.807) is 19.9 Å². The molecule has 4 heteroatoms. The van der Waals surface area contributed by atoms with Gasteiger partial charge in [-0.1, -0.05) is 0 Å². The Balaban J connectivity index is 2.19. The van der Waals surface area contributed by atoms with E-state index in [9.17, 15) is 5.11 Å². The number of fused-ring (bicyclic) bond motifs is 1. The van der Waals surface area contributed by atoms with E-state index in [2.05, 4.69) is 0 Å². The minimum atomic E-state index is -0.662. The molecule has 3 atom stereocenters. The molecule has 1 aliphatic carbocycles. The smallest absolute Gasteiger partial charge is 0.164 e. The monoisotopic (exact) mass is 186 g/mol. The predicted octanol–water partition coefficient (Wildman–Crippen LogP) is -0.200. The molecule has 2 unspecified atom stereocenters. The van der Waals surface area contributed by atoms with Crippen molar-refractivity contribution in [1.29, 1.82) is 0 Å². The van der Waals surface area contributed by atoms with Crippen LogP contribution in [-0.2, 0) is 9.47 Å². The van der Waals surface area contributed by atoms with E-state index in [0.717, 1.165) is 0 Å². The van der Waals surface area contributed by atoms with Crippen LogP contribution in [0.25, 0.3) is 0 Å². The second-order valence-corrected chi connectivity index (χ2v) is 3.91. The molecule has 0 aromatic carbocycles. The van der Waals surface area contributed by atoms with Crippen LogP contribution in [0.2, 0.25) is 0 Å². The van der Waals surface area contributed by atoms with Crippen LogP contribution in [0.3, 0.4) is 0 Å². The van der Waals surface area contributed by atoms with Gasteiger partial charge in [-0.2, -0.15) is 0 Å². The molecule has 0 radical (unpaired) electrons. The van der Waals surface area contributed by atoms with Crippen molar-refractivity contribution < 1.29 is 19.7 Å². The molecule has 0 aromatic rings. The predicted molar refractivity (Wildman–Crippen MR) is 45.0 cm³/mol. The van der Waals surface area contributed by atoms with Crippen molar-refractivity contribution in [1.82, 2.24) is 0 Å². The van der Waals surface area contributed by atoms with Gasteiger partial charge in [0.25, 0.3) is 0 Å². The fourth-order valence-corrected chi connectivity index (χ4v) is 1.88. The molecular weight excluding hydrogens is 172 g/mol. The second-order valence-electron chi connectivity index (χ2n) is 3.91. The number of aliphatic hydroxyl groups excluding tert-OH is 2. The van der Waals surface area contributed by atoms with Crippen molar-refractivity contribution >= 4 is 0 Å². The number of hydrogen-bond acceptors (Lipinski definition) is 4. The average Bonchev–Trinajstić information content (AvgIpc) is 2.47. The van der Waals surface area contributed by atoms with E-state index in [1.165, 1.54) is 0 Å². The van der Waals surface area contributed by atoms with Gasteiger partial charge in [-0.05, 0) is 25.5 Å². The number of ether oxygens (including phenoxy) is 2. The summed E-state index contributed by atoms with van der Waals surface area (Å²) in [6, 6.07) is 0. The maximum Gasteiger partial charge on any atom is 0.164 e. The minimum Gasteiger partial charge on any atom is -0.392 e. The lowest BCUT2D eigenvalue weighted by atomic mass is 10.1. The molecule has 0 aromatic heterocycles. The van der Waals surface area contributed by atoms with Crippen molar-refractivity contribution in [2.75, 3.05) is 6.61 Å². The van der Waals surface area contributed by atoms with Crippen molar-refractivity contribution in [3.8, 4) is 0 Å². The Kier molecular flexibility index (Phi) is 1.96. The molecule has 0 saturated carbocycles. The van der Waals surface area contributed by atoms with Crippen LogP contribution in [0.1, 0.15) is 13.8 Å². The maximum atomic E-state index is 9.54. The zero-order chi connectivity index (χ0) is 9.64. The first-order valence-electron chi connectivity index (χ1n) is 4.38. The van der Waals surface area contributed by atoms with Gasteiger partial charge in [0.05, 0.1) is 6.61 Å². The Labute approximate surface area is 76.8 Å². The van der Waals surface area contributed by atoms with Crippen LogP contribution in [0, 0.1) is 0 Å². The Bertz CT molecular complexity index is 246. The van der Waals surface area contributed by atoms with Crippen molar-refractivity contribution in [2.24, 2.45) is 0 Å². The summed E-state index contributed by atoms with van der Waals surface area (Å²) < 4.78 is 11.0. The molecule has 0 spiro atoms. The first-order chi connectivity index (χ1) is 6.03. The number of hydrogen-bond donors (Lipinski definition) is 2. The summed E-state index contributed by atoms with van der Waals surface area (Å²) in [6.07, 6.45) is 0.311. The summed E-state index contributed by atoms with van der Waals surface area (Å²) in [5.74, 6) is -0.662. The van der Waals surface area contributed by atoms with E-state index in [0.29, 0.717) is 5.57 Å². The van der Waals surface area contributed by atoms with Crippen LogP contribution < -0.4 is 0 Å². The van der Waals surface area contributed by atoms with Gasteiger partial charge in [-0.3, -0.25) is 0 Å². The molecule has 0 bridgehead atoms. The first-order valence-corrected chi connectivity index (χ1v) is 4.38. The van der Waals surface area contributed by atoms with Crippen LogP contribution in [-0.4, -0.2) is 40.9 Å². The van der Waals surface area contributed by atoms with Crippen molar-refractivity contribution in [2.45, 2.75) is 37.9 Å². The Hall–Kier alpha value is -0.420. The van der Waals surface area contributed by atoms with Gasteiger partial charge in [0.1, 0.15) is 18.3 Å². The highest BCUT2D eigenvalue weighted by atomic mass is 16.8. The molecule has 74 valence electrons. The largest absolute Gasteiger partial charge is 0.392 e. The summed E-state index contributed by atoms with van der Waals surface area (Å²) in [6.45, 7) is 3.51. The quantitative estimate of drug-likeness (QED) is 0.557. The summed E-state index contributed by atoms with van der Waals surface area (Å²) in [7, 11) is 0. The standard InChI is InChI=1S/C9H14O4/c1-9(2)12-7-5(4-10)3-6(11)8(7)13-9/h3,6-8,10-11H,4H2,1-2H3/t6-,7?,8?/m1/s1. The Morgan fingerprint density at radius 3 is 2.77 bits per heavy atom. The van der Waals surface area contributed by atoms with Crippen LogP contribution in [0.4, 0.5) is 0 Å². The van der Waals surface area contributed by atoms with E-state index in [4.69, 9.17) is 14.6 Å². The molecule has 1 saturated heterocycles. The lowest BCUT2D eigenvalue weighted by Crippen LogP contribution is -2.29. The first kappa shape index (κ1) is 9.15. The molecule has 0 amide bonds. The normalized spacial score (nSPS) is 41.8. The number of rotatable bonds is 1. The zero-order valence-corrected chi connectivity index (χ0v) is 7.73. The maximum absolute atomic E-state index is 9.54. The molecule has 13 heavy (non-hydrogen) atoms. The molecule has 4 nitrogen and oxygen atoms in total. The van der Waals surface area contributed by atoms with Gasteiger partial charge in [0.15, 0.2) is 5.79 Å². The summed E-state index contributed by atoms with van der Waals surface area (Å²) in [5.41, 5.74) is 0.711. The highest BCUT2D eigenvalue weighted by Crippen LogP contribution is 2.37. The Morgan fingerprint density at radius 2 is 2.15 bits per heavy atom. The molecule has 2 rings (SSSR count). The van der Waals surface area contributed by atoms with Crippen molar-refractivity contribution in [3.05, 3.63) is 11.6 Å². The molecular formula is C9H14O4. The summed E-state index contributed by atoms with van der Waals surface area (Å²) in [4.78, 5) is 0. The highest BCUT2D eigenvalue weighted by molar-refractivity contribution is 5.24. The van der Waals surface area contributed by atoms with Crippen LogP contribution in [0.5, 0.6) is 0 Å². The van der Waals surface area contributed by atoms with Gasteiger partial charge in [0, 0.05) is 0 Å². The van der Waals surface area contributed by atoms with E-state index in [-0.39, 0.29) is 18.8 Å². The van der Waals surface area contributed by atoms with Gasteiger partial charge in [-0.15, -0.1) is 0 Å². The van der Waals surface area contributed by atoms with E-state index < -0.39 is 11.9 Å².